The third-order valence-corrected chi connectivity index (χ3v) is 9.46. The lowest BCUT2D eigenvalue weighted by molar-refractivity contribution is 0.160. The van der Waals surface area contributed by atoms with Gasteiger partial charge in [0.25, 0.3) is 0 Å². The van der Waals surface area contributed by atoms with E-state index in [9.17, 15) is 0 Å². The maximum absolute atomic E-state index is 4.09. The molecule has 0 spiro atoms. The molecule has 2 heteroatoms. The lowest BCUT2D eigenvalue weighted by atomic mass is 9.58. The highest BCUT2D eigenvalue weighted by Crippen LogP contribution is 2.55. The average molecular weight is 622 g/mol. The van der Waals surface area contributed by atoms with Crippen LogP contribution in [0.3, 0.4) is 0 Å². The molecule has 1 heterocycles. The van der Waals surface area contributed by atoms with Gasteiger partial charge in [-0.25, -0.2) is 0 Å². The first kappa shape index (κ1) is 26.3. The summed E-state index contributed by atoms with van der Waals surface area (Å²) < 4.78 is 1.08. The van der Waals surface area contributed by atoms with Gasteiger partial charge in [0.1, 0.15) is 0 Å². The van der Waals surface area contributed by atoms with Gasteiger partial charge in [0.15, 0.2) is 0 Å². The van der Waals surface area contributed by atoms with E-state index >= 15 is 0 Å². The number of allylic oxidation sites excluding steroid dienone is 2. The van der Waals surface area contributed by atoms with Crippen molar-refractivity contribution >= 4 is 42.5 Å². The van der Waals surface area contributed by atoms with E-state index in [-0.39, 0.29) is 10.8 Å². The number of rotatable bonds is 5. The molecule has 196 valence electrons. The molecule has 2 aliphatic rings. The monoisotopic (exact) mass is 621 g/mol. The highest BCUT2D eigenvalue weighted by Gasteiger charge is 2.45. The Bertz CT molecular complexity index is 1610. The minimum absolute atomic E-state index is 0.00185. The molecule has 1 aliphatic carbocycles. The van der Waals surface area contributed by atoms with Crippen molar-refractivity contribution in [3.05, 3.63) is 132 Å². The van der Waals surface area contributed by atoms with E-state index in [1.807, 2.05) is 0 Å². The normalized spacial score (nSPS) is 20.7. The molecule has 0 bridgehead atoms. The number of benzene rings is 4. The van der Waals surface area contributed by atoms with E-state index in [0.29, 0.717) is 0 Å². The van der Waals surface area contributed by atoms with Crippen LogP contribution in [0, 0.1) is 10.8 Å². The van der Waals surface area contributed by atoms with E-state index in [2.05, 4.69) is 158 Å². The van der Waals surface area contributed by atoms with Gasteiger partial charge in [-0.3, -0.25) is 4.90 Å². The van der Waals surface area contributed by atoms with Gasteiger partial charge in [-0.05, 0) is 85.3 Å². The van der Waals surface area contributed by atoms with Crippen LogP contribution in [0.15, 0.2) is 115 Å². The highest BCUT2D eigenvalue weighted by molar-refractivity contribution is 14.1. The summed E-state index contributed by atoms with van der Waals surface area (Å²) in [6.07, 6.45) is 6.13. The first-order chi connectivity index (χ1) is 18.7. The van der Waals surface area contributed by atoms with Crippen molar-refractivity contribution in [2.75, 3.05) is 13.1 Å². The summed E-state index contributed by atoms with van der Waals surface area (Å²) in [6.45, 7) is 14.4. The summed E-state index contributed by atoms with van der Waals surface area (Å²) in [5, 5.41) is 2.68. The topological polar surface area (TPSA) is 3.24 Å². The van der Waals surface area contributed by atoms with E-state index in [1.165, 1.54) is 44.2 Å². The van der Waals surface area contributed by atoms with Crippen LogP contribution < -0.4 is 0 Å². The van der Waals surface area contributed by atoms with Crippen LogP contribution in [0.1, 0.15) is 43.9 Å². The molecule has 1 atom stereocenters. The minimum atomic E-state index is 0.00185. The van der Waals surface area contributed by atoms with Gasteiger partial charge in [-0.1, -0.05) is 124 Å². The molecule has 4 aromatic carbocycles. The summed E-state index contributed by atoms with van der Waals surface area (Å²) in [5.74, 6) is 0. The zero-order valence-corrected chi connectivity index (χ0v) is 25.3. The van der Waals surface area contributed by atoms with E-state index in [1.54, 1.807) is 5.57 Å². The van der Waals surface area contributed by atoms with Crippen molar-refractivity contribution in [2.45, 2.75) is 33.7 Å². The fourth-order valence-corrected chi connectivity index (χ4v) is 7.37. The van der Waals surface area contributed by atoms with Crippen LogP contribution in [0.4, 0.5) is 0 Å². The predicted molar refractivity (Wildman–Crippen MR) is 177 cm³/mol. The van der Waals surface area contributed by atoms with Gasteiger partial charge in [-0.15, -0.1) is 0 Å². The van der Waals surface area contributed by atoms with Crippen molar-refractivity contribution in [1.82, 2.24) is 4.90 Å². The molecule has 0 unspecified atom stereocenters. The van der Waals surface area contributed by atoms with Gasteiger partial charge < -0.3 is 0 Å². The van der Waals surface area contributed by atoms with Crippen molar-refractivity contribution in [3.8, 4) is 11.1 Å². The summed E-state index contributed by atoms with van der Waals surface area (Å²) in [4.78, 5) is 2.65. The first-order valence-corrected chi connectivity index (χ1v) is 15.0. The third-order valence-electron chi connectivity index (χ3n) is 8.84. The molecule has 0 aromatic heterocycles. The second kappa shape index (κ2) is 10.2. The fourth-order valence-electron chi connectivity index (χ4n) is 7.01. The van der Waals surface area contributed by atoms with E-state index in [4.69, 9.17) is 0 Å². The Hall–Kier alpha value is -2.95. The zero-order valence-electron chi connectivity index (χ0n) is 23.2. The number of nitrogens with zero attached hydrogens (tertiary/aromatic N) is 1. The Morgan fingerprint density at radius 1 is 0.821 bits per heavy atom. The number of halogens is 1. The van der Waals surface area contributed by atoms with E-state index in [0.717, 1.165) is 29.6 Å². The molecule has 0 fully saturated rings. The SMILES string of the molecule is C=C(I)c1ccc(C2=CC[C@@]3(C)CN(Cc4cc(-c5ccccc5)cc5ccccc45)CC=C3C2(C)C)cc1. The quantitative estimate of drug-likeness (QED) is 0.158. The predicted octanol–water partition coefficient (Wildman–Crippen LogP) is 10.2. The van der Waals surface area contributed by atoms with Gasteiger partial charge in [0, 0.05) is 34.0 Å². The van der Waals surface area contributed by atoms with Crippen LogP contribution in [0.2, 0.25) is 0 Å². The first-order valence-electron chi connectivity index (χ1n) is 13.9. The zero-order chi connectivity index (χ0) is 27.2. The molecule has 4 aromatic rings. The minimum Gasteiger partial charge on any atom is -0.295 e. The Kier molecular flexibility index (Phi) is 6.89. The maximum atomic E-state index is 4.09. The summed E-state index contributed by atoms with van der Waals surface area (Å²) in [5.41, 5.74) is 9.70. The number of hydrogen-bond acceptors (Lipinski definition) is 1. The second-order valence-corrected chi connectivity index (χ2v) is 13.3. The molecule has 0 amide bonds. The Labute approximate surface area is 247 Å². The summed E-state index contributed by atoms with van der Waals surface area (Å²) in [6, 6.07) is 33.3. The van der Waals surface area contributed by atoms with Crippen molar-refractivity contribution in [2.24, 2.45) is 10.8 Å². The Morgan fingerprint density at radius 3 is 2.28 bits per heavy atom. The van der Waals surface area contributed by atoms with Crippen LogP contribution in [0.25, 0.3) is 31.1 Å². The molecule has 1 nitrogen and oxygen atoms in total. The standard InChI is InChI=1S/C37H36IN/c1-26(38)27-14-16-29(17-15-27)34-18-20-37(4)25-39(21-19-35(37)36(34,2)3)24-32-23-31(28-10-6-5-7-11-28)22-30-12-8-9-13-33(30)32/h5-19,22-23H,1,20-21,24-25H2,2-4H3/t37-/m0/s1. The number of hydrogen-bond donors (Lipinski definition) is 0. The molecular weight excluding hydrogens is 585 g/mol. The van der Waals surface area contributed by atoms with Crippen molar-refractivity contribution < 1.29 is 0 Å². The van der Waals surface area contributed by atoms with Gasteiger partial charge in [0.2, 0.25) is 0 Å². The van der Waals surface area contributed by atoms with Crippen LogP contribution >= 0.6 is 22.6 Å². The van der Waals surface area contributed by atoms with E-state index < -0.39 is 0 Å². The summed E-state index contributed by atoms with van der Waals surface area (Å²) in [7, 11) is 0. The third kappa shape index (κ3) is 4.94. The fraction of sp³-hybridized carbons (Fsp3) is 0.243. The van der Waals surface area contributed by atoms with Gasteiger partial charge >= 0.3 is 0 Å². The lowest BCUT2D eigenvalue weighted by Crippen LogP contribution is -2.46. The van der Waals surface area contributed by atoms with Crippen LogP contribution in [-0.2, 0) is 6.54 Å². The average Bonchev–Trinajstić information content (AvgIpc) is 2.93. The molecule has 0 radical (unpaired) electrons. The van der Waals surface area contributed by atoms with Gasteiger partial charge in [0.05, 0.1) is 0 Å². The van der Waals surface area contributed by atoms with Gasteiger partial charge in [-0.2, -0.15) is 0 Å². The van der Waals surface area contributed by atoms with Crippen LogP contribution in [0.5, 0.6) is 0 Å². The largest absolute Gasteiger partial charge is 0.295 e. The maximum Gasteiger partial charge on any atom is 0.0243 e. The smallest absolute Gasteiger partial charge is 0.0243 e. The molecule has 0 saturated heterocycles. The Balaban J connectivity index is 1.30. The lowest BCUT2D eigenvalue weighted by Gasteiger charge is -2.50. The molecule has 39 heavy (non-hydrogen) atoms. The molecule has 6 rings (SSSR count). The van der Waals surface area contributed by atoms with Crippen LogP contribution in [-0.4, -0.2) is 18.0 Å². The summed E-state index contributed by atoms with van der Waals surface area (Å²) >= 11 is 2.30. The molecule has 1 aliphatic heterocycles. The molecule has 0 saturated carbocycles. The van der Waals surface area contributed by atoms with Crippen molar-refractivity contribution in [1.29, 1.82) is 0 Å². The Morgan fingerprint density at radius 2 is 1.54 bits per heavy atom. The van der Waals surface area contributed by atoms with Crippen molar-refractivity contribution in [3.63, 3.8) is 0 Å². The molecule has 0 N–H and O–H groups in total. The second-order valence-electron chi connectivity index (χ2n) is 12.0. The molecular formula is C37H36IN. The highest BCUT2D eigenvalue weighted by atomic mass is 127. The number of fused-ring (bicyclic) bond motifs is 2.